The van der Waals surface area contributed by atoms with Crippen molar-refractivity contribution in [3.05, 3.63) is 59.5 Å². The lowest BCUT2D eigenvalue weighted by Gasteiger charge is -2.12. The highest BCUT2D eigenvalue weighted by atomic mass is 16.3. The quantitative estimate of drug-likeness (QED) is 0.729. The van der Waals surface area contributed by atoms with Crippen molar-refractivity contribution in [2.75, 3.05) is 13.1 Å². The van der Waals surface area contributed by atoms with Gasteiger partial charge in [0, 0.05) is 6.54 Å². The van der Waals surface area contributed by atoms with E-state index >= 15 is 0 Å². The molecule has 24 heavy (non-hydrogen) atoms. The maximum atomic E-state index is 11.8. The highest BCUT2D eigenvalue weighted by Gasteiger charge is 2.13. The first-order valence-corrected chi connectivity index (χ1v) is 7.96. The molecule has 6 heteroatoms. The van der Waals surface area contributed by atoms with Gasteiger partial charge in [-0.05, 0) is 38.0 Å². The lowest BCUT2D eigenvalue weighted by atomic mass is 10.1. The topological polar surface area (TPSA) is 83.4 Å². The molecule has 1 aromatic heterocycles. The molecule has 2 aromatic rings. The fraction of sp³-hybridized carbons (Fsp3) is 0.333. The largest absolute Gasteiger partial charge is 0.464 e. The molecule has 1 atom stereocenters. The molecule has 0 spiro atoms. The normalized spacial score (nSPS) is 11.6. The van der Waals surface area contributed by atoms with E-state index in [0.717, 1.165) is 17.7 Å². The van der Waals surface area contributed by atoms with Crippen LogP contribution in [0.1, 0.15) is 30.0 Å². The van der Waals surface area contributed by atoms with Crippen molar-refractivity contribution < 1.29 is 14.0 Å². The SMILES string of the molecule is Cc1ccc([C@H](C)NC(=O)NCC(=O)NCCc2ccccc2)o1. The van der Waals surface area contributed by atoms with Gasteiger partial charge >= 0.3 is 6.03 Å². The summed E-state index contributed by atoms with van der Waals surface area (Å²) in [5, 5.41) is 8.03. The molecule has 0 saturated carbocycles. The van der Waals surface area contributed by atoms with Crippen molar-refractivity contribution in [2.24, 2.45) is 0 Å². The number of aryl methyl sites for hydroxylation is 1. The predicted molar refractivity (Wildman–Crippen MR) is 91.6 cm³/mol. The Hall–Kier alpha value is -2.76. The number of carbonyl (C=O) groups excluding carboxylic acids is 2. The minimum Gasteiger partial charge on any atom is -0.464 e. The molecular weight excluding hydrogens is 306 g/mol. The van der Waals surface area contributed by atoms with Crippen LogP contribution in [0, 0.1) is 6.92 Å². The van der Waals surface area contributed by atoms with Gasteiger partial charge in [-0.15, -0.1) is 0 Å². The minimum absolute atomic E-state index is 0.0650. The van der Waals surface area contributed by atoms with Gasteiger partial charge in [-0.3, -0.25) is 4.79 Å². The van der Waals surface area contributed by atoms with Crippen molar-refractivity contribution in [2.45, 2.75) is 26.3 Å². The predicted octanol–water partition coefficient (Wildman–Crippen LogP) is 2.31. The van der Waals surface area contributed by atoms with Crippen LogP contribution >= 0.6 is 0 Å². The van der Waals surface area contributed by atoms with Gasteiger partial charge in [-0.25, -0.2) is 4.79 Å². The lowest BCUT2D eigenvalue weighted by molar-refractivity contribution is -0.120. The summed E-state index contributed by atoms with van der Waals surface area (Å²) in [6.45, 7) is 4.13. The monoisotopic (exact) mass is 329 g/mol. The summed E-state index contributed by atoms with van der Waals surface area (Å²) in [7, 11) is 0. The number of amides is 3. The van der Waals surface area contributed by atoms with Crippen LogP contribution in [0.2, 0.25) is 0 Å². The van der Waals surface area contributed by atoms with E-state index in [1.807, 2.05) is 56.3 Å². The summed E-state index contributed by atoms with van der Waals surface area (Å²) in [5.41, 5.74) is 1.16. The molecule has 3 amide bonds. The van der Waals surface area contributed by atoms with Crippen LogP contribution in [0.5, 0.6) is 0 Å². The third kappa shape index (κ3) is 5.79. The molecule has 3 N–H and O–H groups in total. The number of nitrogens with one attached hydrogen (secondary N) is 3. The van der Waals surface area contributed by atoms with Crippen LogP contribution < -0.4 is 16.0 Å². The van der Waals surface area contributed by atoms with Crippen molar-refractivity contribution >= 4 is 11.9 Å². The van der Waals surface area contributed by atoms with Gasteiger partial charge in [-0.1, -0.05) is 30.3 Å². The Morgan fingerprint density at radius 1 is 1.08 bits per heavy atom. The Balaban J connectivity index is 1.63. The second-order valence-corrected chi connectivity index (χ2v) is 5.58. The molecule has 0 unspecified atom stereocenters. The van der Waals surface area contributed by atoms with Crippen molar-refractivity contribution in [3.8, 4) is 0 Å². The van der Waals surface area contributed by atoms with Crippen LogP contribution in [-0.4, -0.2) is 25.0 Å². The number of urea groups is 1. The van der Waals surface area contributed by atoms with E-state index in [4.69, 9.17) is 4.42 Å². The van der Waals surface area contributed by atoms with Gasteiger partial charge in [0.1, 0.15) is 11.5 Å². The first-order chi connectivity index (χ1) is 11.5. The molecule has 128 valence electrons. The highest BCUT2D eigenvalue weighted by molar-refractivity contribution is 5.83. The van der Waals surface area contributed by atoms with Crippen LogP contribution in [0.3, 0.4) is 0 Å². The Kier molecular flexibility index (Phi) is 6.42. The van der Waals surface area contributed by atoms with E-state index in [-0.39, 0.29) is 18.5 Å². The number of carbonyl (C=O) groups is 2. The standard InChI is InChI=1S/C18H23N3O3/c1-13-8-9-16(24-13)14(2)21-18(23)20-12-17(22)19-11-10-15-6-4-3-5-7-15/h3-9,14H,10-12H2,1-2H3,(H,19,22)(H2,20,21,23)/t14-/m0/s1. The number of furan rings is 1. The van der Waals surface area contributed by atoms with E-state index in [1.54, 1.807) is 0 Å². The minimum atomic E-state index is -0.408. The molecule has 0 aliphatic rings. The third-order valence-corrected chi connectivity index (χ3v) is 3.52. The molecule has 1 aromatic carbocycles. The fourth-order valence-electron chi connectivity index (χ4n) is 2.22. The van der Waals surface area contributed by atoms with Gasteiger partial charge < -0.3 is 20.4 Å². The Morgan fingerprint density at radius 3 is 2.50 bits per heavy atom. The summed E-state index contributed by atoms with van der Waals surface area (Å²) < 4.78 is 5.45. The van der Waals surface area contributed by atoms with Gasteiger partial charge in [0.15, 0.2) is 0 Å². The summed E-state index contributed by atoms with van der Waals surface area (Å²) in [6.07, 6.45) is 0.758. The van der Waals surface area contributed by atoms with Crippen LogP contribution in [-0.2, 0) is 11.2 Å². The summed E-state index contributed by atoms with van der Waals surface area (Å²) in [6, 6.07) is 12.9. The maximum Gasteiger partial charge on any atom is 0.315 e. The maximum absolute atomic E-state index is 11.8. The third-order valence-electron chi connectivity index (χ3n) is 3.52. The second-order valence-electron chi connectivity index (χ2n) is 5.58. The zero-order valence-electron chi connectivity index (χ0n) is 14.0. The molecule has 0 saturated heterocycles. The highest BCUT2D eigenvalue weighted by Crippen LogP contribution is 2.15. The first kappa shape index (κ1) is 17.6. The van der Waals surface area contributed by atoms with Crippen LogP contribution in [0.4, 0.5) is 4.79 Å². The Morgan fingerprint density at radius 2 is 1.83 bits per heavy atom. The van der Waals surface area contributed by atoms with Crippen molar-refractivity contribution in [3.63, 3.8) is 0 Å². The molecule has 0 aliphatic carbocycles. The van der Waals surface area contributed by atoms with E-state index in [1.165, 1.54) is 0 Å². The van der Waals surface area contributed by atoms with E-state index in [9.17, 15) is 9.59 Å². The summed E-state index contributed by atoms with van der Waals surface area (Å²) in [5.74, 6) is 1.24. The average Bonchev–Trinajstić information content (AvgIpc) is 3.00. The molecule has 0 radical (unpaired) electrons. The smallest absolute Gasteiger partial charge is 0.315 e. The van der Waals surface area contributed by atoms with Crippen molar-refractivity contribution in [1.82, 2.24) is 16.0 Å². The molecule has 6 nitrogen and oxygen atoms in total. The van der Waals surface area contributed by atoms with Gasteiger partial charge in [0.05, 0.1) is 12.6 Å². The second kappa shape index (κ2) is 8.76. The molecule has 0 bridgehead atoms. The van der Waals surface area contributed by atoms with Crippen LogP contribution in [0.25, 0.3) is 0 Å². The van der Waals surface area contributed by atoms with Crippen LogP contribution in [0.15, 0.2) is 46.9 Å². The molecule has 1 heterocycles. The molecule has 0 aliphatic heterocycles. The van der Waals surface area contributed by atoms with E-state index < -0.39 is 6.03 Å². The fourth-order valence-corrected chi connectivity index (χ4v) is 2.22. The summed E-state index contributed by atoms with van der Waals surface area (Å²) >= 11 is 0. The summed E-state index contributed by atoms with van der Waals surface area (Å²) in [4.78, 5) is 23.5. The van der Waals surface area contributed by atoms with E-state index in [0.29, 0.717) is 12.3 Å². The lowest BCUT2D eigenvalue weighted by Crippen LogP contribution is -2.43. The van der Waals surface area contributed by atoms with Gasteiger partial charge in [0.2, 0.25) is 5.91 Å². The van der Waals surface area contributed by atoms with Crippen molar-refractivity contribution in [1.29, 1.82) is 0 Å². The van der Waals surface area contributed by atoms with Gasteiger partial charge in [-0.2, -0.15) is 0 Å². The zero-order valence-corrected chi connectivity index (χ0v) is 14.0. The number of rotatable bonds is 7. The average molecular weight is 329 g/mol. The van der Waals surface area contributed by atoms with E-state index in [2.05, 4.69) is 16.0 Å². The zero-order chi connectivity index (χ0) is 17.4. The molecule has 0 fully saturated rings. The van der Waals surface area contributed by atoms with Gasteiger partial charge in [0.25, 0.3) is 0 Å². The first-order valence-electron chi connectivity index (χ1n) is 7.96. The Bertz CT molecular complexity index is 667. The number of hydrogen-bond donors (Lipinski definition) is 3. The molecular formula is C18H23N3O3. The molecule has 2 rings (SSSR count). The number of hydrogen-bond acceptors (Lipinski definition) is 3. The number of benzene rings is 1. The Labute approximate surface area is 141 Å².